The standard InChI is InChI=1S/C11H18O3/c1-3-4-5-8-14-9-6-7-10(2)11(12)13/h5,8H,2-4,6-7,9H2,1H3,(H,12,13). The first-order valence-corrected chi connectivity index (χ1v) is 4.86. The molecule has 0 radical (unpaired) electrons. The summed E-state index contributed by atoms with van der Waals surface area (Å²) in [5, 5.41) is 8.50. The van der Waals surface area contributed by atoms with Crippen LogP contribution < -0.4 is 0 Å². The Labute approximate surface area is 85.1 Å². The fourth-order valence-electron chi connectivity index (χ4n) is 0.847. The summed E-state index contributed by atoms with van der Waals surface area (Å²) in [7, 11) is 0. The zero-order chi connectivity index (χ0) is 10.8. The van der Waals surface area contributed by atoms with Crippen LogP contribution in [0, 0.1) is 0 Å². The molecule has 0 aliphatic rings. The van der Waals surface area contributed by atoms with Gasteiger partial charge in [-0.05, 0) is 25.3 Å². The first kappa shape index (κ1) is 12.8. The van der Waals surface area contributed by atoms with Gasteiger partial charge in [0.25, 0.3) is 0 Å². The molecule has 0 amide bonds. The zero-order valence-corrected chi connectivity index (χ0v) is 8.66. The fourth-order valence-corrected chi connectivity index (χ4v) is 0.847. The lowest BCUT2D eigenvalue weighted by Crippen LogP contribution is -2.00. The van der Waals surface area contributed by atoms with E-state index in [0.29, 0.717) is 19.4 Å². The lowest BCUT2D eigenvalue weighted by molar-refractivity contribution is -0.132. The molecule has 0 aromatic carbocycles. The molecule has 14 heavy (non-hydrogen) atoms. The normalized spacial score (nSPS) is 10.4. The minimum atomic E-state index is -0.925. The van der Waals surface area contributed by atoms with Gasteiger partial charge in [-0.2, -0.15) is 0 Å². The van der Waals surface area contributed by atoms with Gasteiger partial charge < -0.3 is 9.84 Å². The predicted molar refractivity (Wildman–Crippen MR) is 56.0 cm³/mol. The van der Waals surface area contributed by atoms with Crippen molar-refractivity contribution in [2.45, 2.75) is 32.6 Å². The number of carboxylic acids is 1. The fraction of sp³-hybridized carbons (Fsp3) is 0.545. The first-order chi connectivity index (χ1) is 6.68. The van der Waals surface area contributed by atoms with E-state index < -0.39 is 5.97 Å². The number of hydrogen-bond donors (Lipinski definition) is 1. The van der Waals surface area contributed by atoms with Crippen molar-refractivity contribution in [1.82, 2.24) is 0 Å². The van der Waals surface area contributed by atoms with Crippen LogP contribution in [0.2, 0.25) is 0 Å². The summed E-state index contributed by atoms with van der Waals surface area (Å²) in [5.41, 5.74) is 0.242. The third-order valence-electron chi connectivity index (χ3n) is 1.69. The van der Waals surface area contributed by atoms with Gasteiger partial charge >= 0.3 is 5.97 Å². The van der Waals surface area contributed by atoms with Crippen LogP contribution in [0.5, 0.6) is 0 Å². The van der Waals surface area contributed by atoms with Crippen molar-refractivity contribution in [3.63, 3.8) is 0 Å². The summed E-state index contributed by atoms with van der Waals surface area (Å²) >= 11 is 0. The molecule has 0 spiro atoms. The van der Waals surface area contributed by atoms with E-state index >= 15 is 0 Å². The minimum absolute atomic E-state index is 0.242. The SMILES string of the molecule is C=C(CCCOC=CCCC)C(=O)O. The molecular formula is C11H18O3. The van der Waals surface area contributed by atoms with Gasteiger partial charge in [-0.15, -0.1) is 0 Å². The highest BCUT2D eigenvalue weighted by Gasteiger charge is 2.01. The van der Waals surface area contributed by atoms with Crippen molar-refractivity contribution >= 4 is 5.97 Å². The van der Waals surface area contributed by atoms with Gasteiger partial charge in [0.05, 0.1) is 12.9 Å². The van der Waals surface area contributed by atoms with Gasteiger partial charge in [-0.1, -0.05) is 19.9 Å². The van der Waals surface area contributed by atoms with Gasteiger partial charge in [0.15, 0.2) is 0 Å². The number of hydrogen-bond acceptors (Lipinski definition) is 2. The zero-order valence-electron chi connectivity index (χ0n) is 8.66. The maximum atomic E-state index is 10.4. The van der Waals surface area contributed by atoms with Gasteiger partial charge in [0, 0.05) is 5.57 Å². The Kier molecular flexibility index (Phi) is 7.61. The van der Waals surface area contributed by atoms with Crippen LogP contribution in [0.4, 0.5) is 0 Å². The Morgan fingerprint density at radius 2 is 2.29 bits per heavy atom. The van der Waals surface area contributed by atoms with E-state index in [-0.39, 0.29) is 5.57 Å². The maximum absolute atomic E-state index is 10.4. The minimum Gasteiger partial charge on any atom is -0.502 e. The summed E-state index contributed by atoms with van der Waals surface area (Å²) < 4.78 is 5.15. The molecule has 0 atom stereocenters. The molecule has 0 heterocycles. The third kappa shape index (κ3) is 7.40. The smallest absolute Gasteiger partial charge is 0.330 e. The average Bonchev–Trinajstić information content (AvgIpc) is 2.16. The summed E-state index contributed by atoms with van der Waals surface area (Å²) in [6.07, 6.45) is 6.94. The van der Waals surface area contributed by atoms with Crippen molar-refractivity contribution in [2.75, 3.05) is 6.61 Å². The monoisotopic (exact) mass is 198 g/mol. The Bertz CT molecular complexity index is 207. The lowest BCUT2D eigenvalue weighted by Gasteiger charge is -2.00. The van der Waals surface area contributed by atoms with E-state index in [0.717, 1.165) is 12.8 Å². The maximum Gasteiger partial charge on any atom is 0.330 e. The number of allylic oxidation sites excluding steroid dienone is 1. The van der Waals surface area contributed by atoms with Gasteiger partial charge in [-0.3, -0.25) is 0 Å². The molecule has 0 aliphatic carbocycles. The van der Waals surface area contributed by atoms with Gasteiger partial charge in [0.1, 0.15) is 0 Å². The molecule has 0 saturated heterocycles. The van der Waals surface area contributed by atoms with E-state index in [1.807, 2.05) is 6.08 Å². The molecule has 3 nitrogen and oxygen atoms in total. The number of rotatable bonds is 8. The van der Waals surface area contributed by atoms with E-state index in [2.05, 4.69) is 13.5 Å². The van der Waals surface area contributed by atoms with Crippen molar-refractivity contribution in [2.24, 2.45) is 0 Å². The molecule has 0 unspecified atom stereocenters. The lowest BCUT2D eigenvalue weighted by atomic mass is 10.2. The first-order valence-electron chi connectivity index (χ1n) is 4.86. The Morgan fingerprint density at radius 3 is 2.86 bits per heavy atom. The van der Waals surface area contributed by atoms with E-state index in [4.69, 9.17) is 9.84 Å². The second-order valence-corrected chi connectivity index (χ2v) is 3.04. The Morgan fingerprint density at radius 1 is 1.57 bits per heavy atom. The third-order valence-corrected chi connectivity index (χ3v) is 1.69. The molecular weight excluding hydrogens is 180 g/mol. The molecule has 0 aliphatic heterocycles. The number of aliphatic carboxylic acids is 1. The highest BCUT2D eigenvalue weighted by molar-refractivity contribution is 5.85. The molecule has 3 heteroatoms. The van der Waals surface area contributed by atoms with Crippen LogP contribution in [0.3, 0.4) is 0 Å². The number of unbranched alkanes of at least 4 members (excludes halogenated alkanes) is 1. The second kappa shape index (κ2) is 8.35. The number of ether oxygens (including phenoxy) is 1. The molecule has 80 valence electrons. The van der Waals surface area contributed by atoms with E-state index in [1.54, 1.807) is 6.26 Å². The van der Waals surface area contributed by atoms with Crippen molar-refractivity contribution in [1.29, 1.82) is 0 Å². The van der Waals surface area contributed by atoms with Gasteiger partial charge in [0.2, 0.25) is 0 Å². The quantitative estimate of drug-likeness (QED) is 0.370. The highest BCUT2D eigenvalue weighted by Crippen LogP contribution is 2.02. The molecule has 1 N–H and O–H groups in total. The van der Waals surface area contributed by atoms with Gasteiger partial charge in [-0.25, -0.2) is 4.79 Å². The summed E-state index contributed by atoms with van der Waals surface area (Å²) in [6.45, 7) is 6.07. The van der Waals surface area contributed by atoms with E-state index in [9.17, 15) is 4.79 Å². The summed E-state index contributed by atoms with van der Waals surface area (Å²) in [6, 6.07) is 0. The molecule has 0 aromatic rings. The molecule has 0 rings (SSSR count). The van der Waals surface area contributed by atoms with Crippen LogP contribution in [-0.4, -0.2) is 17.7 Å². The van der Waals surface area contributed by atoms with E-state index in [1.165, 1.54) is 0 Å². The van der Waals surface area contributed by atoms with Crippen LogP contribution in [0.1, 0.15) is 32.6 Å². The molecule has 0 aromatic heterocycles. The van der Waals surface area contributed by atoms with Crippen LogP contribution in [0.25, 0.3) is 0 Å². The second-order valence-electron chi connectivity index (χ2n) is 3.04. The van der Waals surface area contributed by atoms with Crippen LogP contribution >= 0.6 is 0 Å². The molecule has 0 bridgehead atoms. The van der Waals surface area contributed by atoms with Crippen molar-refractivity contribution in [3.05, 3.63) is 24.5 Å². The number of carbonyl (C=O) groups is 1. The predicted octanol–water partition coefficient (Wildman–Crippen LogP) is 2.74. The average molecular weight is 198 g/mol. The van der Waals surface area contributed by atoms with Crippen LogP contribution in [0.15, 0.2) is 24.5 Å². The highest BCUT2D eigenvalue weighted by atomic mass is 16.5. The molecule has 0 fully saturated rings. The summed E-state index contributed by atoms with van der Waals surface area (Å²) in [4.78, 5) is 10.4. The Balaban J connectivity index is 3.29. The Hall–Kier alpha value is -1.25. The largest absolute Gasteiger partial charge is 0.502 e. The van der Waals surface area contributed by atoms with Crippen molar-refractivity contribution < 1.29 is 14.6 Å². The van der Waals surface area contributed by atoms with Crippen molar-refractivity contribution in [3.8, 4) is 0 Å². The summed E-state index contributed by atoms with van der Waals surface area (Å²) in [5.74, 6) is -0.925. The number of carboxylic acid groups (broad SMARTS) is 1. The topological polar surface area (TPSA) is 46.5 Å². The van der Waals surface area contributed by atoms with Crippen LogP contribution in [-0.2, 0) is 9.53 Å². The molecule has 0 saturated carbocycles.